The highest BCUT2D eigenvalue weighted by Crippen LogP contribution is 2.18. The Morgan fingerprint density at radius 1 is 1.56 bits per heavy atom. The zero-order valence-electron chi connectivity index (χ0n) is 8.48. The van der Waals surface area contributed by atoms with Gasteiger partial charge < -0.3 is 21.3 Å². The standard InChI is InChI=1S/C10H13ClN2O3/c11-9-2-1-6(12)3-8(9)10(16)13-4-7(15)5-14/h1-3,7,14-15H,4-5,12H2,(H,13,16). The second-order valence-electron chi connectivity index (χ2n) is 3.29. The van der Waals surface area contributed by atoms with Crippen LogP contribution in [0.15, 0.2) is 18.2 Å². The van der Waals surface area contributed by atoms with E-state index in [2.05, 4.69) is 5.32 Å². The molecular weight excluding hydrogens is 232 g/mol. The number of nitrogen functional groups attached to an aromatic ring is 1. The van der Waals surface area contributed by atoms with E-state index in [0.717, 1.165) is 0 Å². The molecule has 1 aromatic rings. The predicted octanol–water partition coefficient (Wildman–Crippen LogP) is 0.00520. The lowest BCUT2D eigenvalue weighted by Gasteiger charge is -2.10. The monoisotopic (exact) mass is 244 g/mol. The first-order valence-electron chi connectivity index (χ1n) is 4.66. The molecule has 5 N–H and O–H groups in total. The molecule has 0 heterocycles. The Hall–Kier alpha value is -1.30. The maximum Gasteiger partial charge on any atom is 0.252 e. The number of benzene rings is 1. The number of hydrogen-bond donors (Lipinski definition) is 4. The molecule has 0 bridgehead atoms. The van der Waals surface area contributed by atoms with E-state index in [4.69, 9.17) is 27.5 Å². The summed E-state index contributed by atoms with van der Waals surface area (Å²) in [5.74, 6) is -0.440. The number of anilines is 1. The molecule has 0 aliphatic carbocycles. The van der Waals surface area contributed by atoms with E-state index in [1.807, 2.05) is 0 Å². The molecule has 0 fully saturated rings. The van der Waals surface area contributed by atoms with E-state index in [0.29, 0.717) is 5.69 Å². The number of hydrogen-bond acceptors (Lipinski definition) is 4. The van der Waals surface area contributed by atoms with Crippen LogP contribution in [0.2, 0.25) is 5.02 Å². The third-order valence-electron chi connectivity index (χ3n) is 1.94. The Kier molecular flexibility index (Phi) is 4.54. The van der Waals surface area contributed by atoms with Gasteiger partial charge in [-0.3, -0.25) is 4.79 Å². The van der Waals surface area contributed by atoms with Gasteiger partial charge in [0.05, 0.1) is 23.3 Å². The Morgan fingerprint density at radius 2 is 2.25 bits per heavy atom. The lowest BCUT2D eigenvalue weighted by molar-refractivity contribution is 0.0802. The van der Waals surface area contributed by atoms with Gasteiger partial charge in [-0.1, -0.05) is 11.6 Å². The molecule has 1 aromatic carbocycles. The molecule has 6 heteroatoms. The smallest absolute Gasteiger partial charge is 0.252 e. The van der Waals surface area contributed by atoms with Crippen molar-refractivity contribution in [2.45, 2.75) is 6.10 Å². The van der Waals surface area contributed by atoms with Crippen molar-refractivity contribution in [1.82, 2.24) is 5.32 Å². The Bertz CT molecular complexity index is 384. The lowest BCUT2D eigenvalue weighted by Crippen LogP contribution is -2.34. The summed E-state index contributed by atoms with van der Waals surface area (Å²) in [5, 5.41) is 20.3. The first-order chi connectivity index (χ1) is 7.54. The normalized spacial score (nSPS) is 12.2. The van der Waals surface area contributed by atoms with Crippen molar-refractivity contribution in [1.29, 1.82) is 0 Å². The average molecular weight is 245 g/mol. The maximum absolute atomic E-state index is 11.6. The molecule has 0 aromatic heterocycles. The molecule has 1 amide bonds. The zero-order valence-corrected chi connectivity index (χ0v) is 9.24. The quantitative estimate of drug-likeness (QED) is 0.561. The van der Waals surface area contributed by atoms with Crippen molar-refractivity contribution in [2.75, 3.05) is 18.9 Å². The van der Waals surface area contributed by atoms with Crippen LogP contribution in [0.1, 0.15) is 10.4 Å². The van der Waals surface area contributed by atoms with Gasteiger partial charge >= 0.3 is 0 Å². The largest absolute Gasteiger partial charge is 0.399 e. The van der Waals surface area contributed by atoms with Crippen molar-refractivity contribution < 1.29 is 15.0 Å². The summed E-state index contributed by atoms with van der Waals surface area (Å²) in [6, 6.07) is 4.55. The molecule has 88 valence electrons. The van der Waals surface area contributed by atoms with Crippen LogP contribution < -0.4 is 11.1 Å². The molecule has 1 unspecified atom stereocenters. The van der Waals surface area contributed by atoms with Gasteiger partial charge in [-0.15, -0.1) is 0 Å². The lowest BCUT2D eigenvalue weighted by atomic mass is 10.2. The molecule has 0 spiro atoms. The van der Waals surface area contributed by atoms with Crippen LogP contribution in [0, 0.1) is 0 Å². The number of amides is 1. The first-order valence-corrected chi connectivity index (χ1v) is 5.04. The summed E-state index contributed by atoms with van der Waals surface area (Å²) in [7, 11) is 0. The Labute approximate surface area is 97.8 Å². The third-order valence-corrected chi connectivity index (χ3v) is 2.27. The SMILES string of the molecule is Nc1ccc(Cl)c(C(=O)NCC(O)CO)c1. The van der Waals surface area contributed by atoms with Crippen molar-refractivity contribution in [2.24, 2.45) is 0 Å². The minimum Gasteiger partial charge on any atom is -0.399 e. The number of nitrogens with two attached hydrogens (primary N) is 1. The first kappa shape index (κ1) is 12.8. The molecule has 5 nitrogen and oxygen atoms in total. The Morgan fingerprint density at radius 3 is 2.88 bits per heavy atom. The highest BCUT2D eigenvalue weighted by Gasteiger charge is 2.11. The molecule has 16 heavy (non-hydrogen) atoms. The minimum absolute atomic E-state index is 0.0412. The average Bonchev–Trinajstić information content (AvgIpc) is 2.28. The van der Waals surface area contributed by atoms with Crippen LogP contribution in [-0.2, 0) is 0 Å². The summed E-state index contributed by atoms with van der Waals surface area (Å²) >= 11 is 5.81. The topological polar surface area (TPSA) is 95.6 Å². The van der Waals surface area contributed by atoms with Gasteiger partial charge in [0.25, 0.3) is 5.91 Å². The van der Waals surface area contributed by atoms with Gasteiger partial charge in [-0.05, 0) is 18.2 Å². The van der Waals surface area contributed by atoms with Gasteiger partial charge in [0.15, 0.2) is 0 Å². The number of aliphatic hydroxyl groups excluding tert-OH is 2. The minimum atomic E-state index is -0.983. The summed E-state index contributed by atoms with van der Waals surface area (Å²) in [4.78, 5) is 11.6. The van der Waals surface area contributed by atoms with Crippen molar-refractivity contribution in [3.8, 4) is 0 Å². The van der Waals surface area contributed by atoms with E-state index < -0.39 is 18.6 Å². The molecule has 0 saturated carbocycles. The highest BCUT2D eigenvalue weighted by molar-refractivity contribution is 6.34. The van der Waals surface area contributed by atoms with Crippen molar-refractivity contribution in [3.05, 3.63) is 28.8 Å². The predicted molar refractivity (Wildman–Crippen MR) is 61.3 cm³/mol. The van der Waals surface area contributed by atoms with Gasteiger partial charge in [0.1, 0.15) is 0 Å². The molecule has 1 atom stereocenters. The number of carbonyl (C=O) groups is 1. The van der Waals surface area contributed by atoms with Gasteiger partial charge in [-0.2, -0.15) is 0 Å². The van der Waals surface area contributed by atoms with E-state index in [9.17, 15) is 4.79 Å². The molecule has 0 aliphatic rings. The molecule has 0 radical (unpaired) electrons. The molecule has 0 aliphatic heterocycles. The fraction of sp³-hybridized carbons (Fsp3) is 0.300. The summed E-state index contributed by atoms with van der Waals surface area (Å²) in [6.07, 6.45) is -0.983. The number of aliphatic hydroxyl groups is 2. The molecule has 0 saturated heterocycles. The van der Waals surface area contributed by atoms with Crippen LogP contribution in [0.5, 0.6) is 0 Å². The second kappa shape index (κ2) is 5.69. The second-order valence-corrected chi connectivity index (χ2v) is 3.69. The highest BCUT2D eigenvalue weighted by atomic mass is 35.5. The van der Waals surface area contributed by atoms with E-state index in [1.165, 1.54) is 12.1 Å². The Balaban J connectivity index is 2.69. The zero-order chi connectivity index (χ0) is 12.1. The third kappa shape index (κ3) is 3.37. The van der Waals surface area contributed by atoms with Gasteiger partial charge in [0, 0.05) is 12.2 Å². The fourth-order valence-corrected chi connectivity index (χ4v) is 1.29. The molecule has 1 rings (SSSR count). The van der Waals surface area contributed by atoms with Crippen LogP contribution in [-0.4, -0.2) is 35.4 Å². The summed E-state index contributed by atoms with van der Waals surface area (Å²) < 4.78 is 0. The summed E-state index contributed by atoms with van der Waals surface area (Å²) in [6.45, 7) is -0.453. The van der Waals surface area contributed by atoms with Gasteiger partial charge in [0.2, 0.25) is 0 Å². The van der Waals surface area contributed by atoms with Crippen molar-refractivity contribution >= 4 is 23.2 Å². The number of nitrogens with one attached hydrogen (secondary N) is 1. The van der Waals surface area contributed by atoms with Crippen molar-refractivity contribution in [3.63, 3.8) is 0 Å². The summed E-state index contributed by atoms with van der Waals surface area (Å²) in [5.41, 5.74) is 6.19. The van der Waals surface area contributed by atoms with Gasteiger partial charge in [-0.25, -0.2) is 0 Å². The van der Waals surface area contributed by atoms with Crippen LogP contribution >= 0.6 is 11.6 Å². The van der Waals surface area contributed by atoms with Crippen LogP contribution in [0.3, 0.4) is 0 Å². The van der Waals surface area contributed by atoms with E-state index in [1.54, 1.807) is 6.07 Å². The number of carbonyl (C=O) groups excluding carboxylic acids is 1. The van der Waals surface area contributed by atoms with Crippen LogP contribution in [0.4, 0.5) is 5.69 Å². The molecular formula is C10H13ClN2O3. The fourth-order valence-electron chi connectivity index (χ4n) is 1.09. The maximum atomic E-state index is 11.6. The van der Waals surface area contributed by atoms with Crippen LogP contribution in [0.25, 0.3) is 0 Å². The number of halogens is 1. The van der Waals surface area contributed by atoms with E-state index in [-0.39, 0.29) is 17.1 Å². The number of rotatable bonds is 4. The van der Waals surface area contributed by atoms with E-state index >= 15 is 0 Å².